The molecule has 0 aliphatic rings. The number of rotatable bonds is 0. The summed E-state index contributed by atoms with van der Waals surface area (Å²) in [5.41, 5.74) is 0. The molecule has 0 amide bonds. The third-order valence-corrected chi connectivity index (χ3v) is 0.882. The van der Waals surface area contributed by atoms with Crippen LogP contribution in [0.15, 0.2) is 24.3 Å². The van der Waals surface area contributed by atoms with E-state index in [9.17, 15) is 0 Å². The number of hydrogen-bond acceptors (Lipinski definition) is 4. The summed E-state index contributed by atoms with van der Waals surface area (Å²) < 4.78 is 0. The average molecular weight is 230 g/mol. The van der Waals surface area contributed by atoms with E-state index < -0.39 is 11.9 Å². The van der Waals surface area contributed by atoms with E-state index in [0.717, 1.165) is 13.8 Å². The Morgan fingerprint density at radius 3 is 1.19 bits per heavy atom. The normalized spacial score (nSPS) is 7.62. The fourth-order valence-electron chi connectivity index (χ4n) is 0.464. The van der Waals surface area contributed by atoms with Crippen molar-refractivity contribution in [2.75, 3.05) is 0 Å². The number of para-hydroxylation sites is 2. The molecule has 0 bridgehead atoms. The molecule has 0 atom stereocenters. The van der Waals surface area contributed by atoms with Crippen molar-refractivity contribution in [1.82, 2.24) is 0 Å². The van der Waals surface area contributed by atoms with Crippen LogP contribution < -0.4 is 0 Å². The van der Waals surface area contributed by atoms with Crippen molar-refractivity contribution in [3.8, 4) is 11.5 Å². The highest BCUT2D eigenvalue weighted by Gasteiger charge is 1.90. The second-order valence-corrected chi connectivity index (χ2v) is 2.53. The second-order valence-electron chi connectivity index (χ2n) is 2.53. The van der Waals surface area contributed by atoms with Crippen molar-refractivity contribution in [3.63, 3.8) is 0 Å². The molecule has 0 aliphatic carbocycles. The molecule has 0 spiro atoms. The molecule has 0 saturated carbocycles. The van der Waals surface area contributed by atoms with Crippen LogP contribution >= 0.6 is 0 Å². The predicted molar refractivity (Wildman–Crippen MR) is 56.4 cm³/mol. The number of carboxylic acids is 2. The van der Waals surface area contributed by atoms with E-state index in [4.69, 9.17) is 30.0 Å². The summed E-state index contributed by atoms with van der Waals surface area (Å²) in [5, 5.41) is 32.2. The van der Waals surface area contributed by atoms with Gasteiger partial charge in [-0.15, -0.1) is 0 Å². The highest BCUT2D eigenvalue weighted by atomic mass is 16.4. The van der Waals surface area contributed by atoms with Crippen LogP contribution in [0.2, 0.25) is 0 Å². The van der Waals surface area contributed by atoms with Crippen molar-refractivity contribution in [2.24, 2.45) is 0 Å². The van der Waals surface area contributed by atoms with E-state index in [1.807, 2.05) is 0 Å². The second kappa shape index (κ2) is 9.32. The number of phenols is 2. The minimum Gasteiger partial charge on any atom is -0.504 e. The van der Waals surface area contributed by atoms with E-state index in [2.05, 4.69) is 0 Å². The molecule has 4 N–H and O–H groups in total. The van der Waals surface area contributed by atoms with Crippen LogP contribution in [-0.4, -0.2) is 32.4 Å². The highest BCUT2D eigenvalue weighted by molar-refractivity contribution is 5.63. The first-order valence-corrected chi connectivity index (χ1v) is 4.13. The quantitative estimate of drug-likeness (QED) is 0.499. The molecule has 6 heteroatoms. The lowest BCUT2D eigenvalue weighted by atomic mass is 10.3. The Labute approximate surface area is 92.4 Å². The lowest BCUT2D eigenvalue weighted by Gasteiger charge is -1.91. The van der Waals surface area contributed by atoms with E-state index >= 15 is 0 Å². The van der Waals surface area contributed by atoms with Gasteiger partial charge in [0.15, 0.2) is 11.5 Å². The minimum absolute atomic E-state index is 0.0764. The molecule has 0 saturated heterocycles. The van der Waals surface area contributed by atoms with Gasteiger partial charge in [0, 0.05) is 13.8 Å². The van der Waals surface area contributed by atoms with Crippen LogP contribution in [0.25, 0.3) is 0 Å². The molecule has 1 rings (SSSR count). The molecule has 0 aliphatic heterocycles. The monoisotopic (exact) mass is 230 g/mol. The number of aliphatic carboxylic acids is 2. The van der Waals surface area contributed by atoms with Crippen molar-refractivity contribution in [1.29, 1.82) is 0 Å². The topological polar surface area (TPSA) is 115 Å². The van der Waals surface area contributed by atoms with Crippen LogP contribution in [-0.2, 0) is 9.59 Å². The van der Waals surface area contributed by atoms with Crippen LogP contribution in [0.5, 0.6) is 11.5 Å². The van der Waals surface area contributed by atoms with Crippen molar-refractivity contribution in [2.45, 2.75) is 13.8 Å². The number of carboxylic acid groups (broad SMARTS) is 2. The van der Waals surface area contributed by atoms with Gasteiger partial charge in [-0.2, -0.15) is 0 Å². The van der Waals surface area contributed by atoms with Gasteiger partial charge in [-0.25, -0.2) is 0 Å². The third kappa shape index (κ3) is 17.7. The fraction of sp³-hybridized carbons (Fsp3) is 0.200. The molecule has 0 radical (unpaired) electrons. The maximum atomic E-state index is 9.00. The lowest BCUT2D eigenvalue weighted by molar-refractivity contribution is -0.135. The van der Waals surface area contributed by atoms with Crippen LogP contribution in [0.3, 0.4) is 0 Å². The summed E-state index contributed by atoms with van der Waals surface area (Å²) in [6, 6.07) is 6.15. The SMILES string of the molecule is CC(=O)O.CC(=O)O.Oc1ccccc1O. The third-order valence-electron chi connectivity index (χ3n) is 0.882. The van der Waals surface area contributed by atoms with Gasteiger partial charge in [-0.1, -0.05) is 12.1 Å². The van der Waals surface area contributed by atoms with E-state index in [1.165, 1.54) is 12.1 Å². The summed E-state index contributed by atoms with van der Waals surface area (Å²) >= 11 is 0. The Morgan fingerprint density at radius 1 is 0.875 bits per heavy atom. The van der Waals surface area contributed by atoms with E-state index in [1.54, 1.807) is 12.1 Å². The zero-order valence-corrected chi connectivity index (χ0v) is 8.91. The molecular formula is C10H14O6. The van der Waals surface area contributed by atoms with Crippen LogP contribution in [0, 0.1) is 0 Å². The minimum atomic E-state index is -0.833. The standard InChI is InChI=1S/C6H6O2.2C2H4O2/c7-5-3-1-2-4-6(5)8;2*1-2(3)4/h1-4,7-8H;2*1H3,(H,3,4). The number of carbonyl (C=O) groups is 2. The van der Waals surface area contributed by atoms with E-state index in [0.29, 0.717) is 0 Å². The van der Waals surface area contributed by atoms with Crippen molar-refractivity contribution < 1.29 is 30.0 Å². The van der Waals surface area contributed by atoms with Gasteiger partial charge in [0.1, 0.15) is 0 Å². The predicted octanol–water partition coefficient (Wildman–Crippen LogP) is 1.28. The number of benzene rings is 1. The molecule has 6 nitrogen and oxygen atoms in total. The van der Waals surface area contributed by atoms with E-state index in [-0.39, 0.29) is 11.5 Å². The molecule has 0 unspecified atom stereocenters. The zero-order chi connectivity index (χ0) is 13.1. The number of aromatic hydroxyl groups is 2. The molecule has 0 aromatic heterocycles. The summed E-state index contributed by atoms with van der Waals surface area (Å²) in [7, 11) is 0. The molecule has 0 fully saturated rings. The number of hydrogen-bond donors (Lipinski definition) is 4. The summed E-state index contributed by atoms with van der Waals surface area (Å²) in [6.45, 7) is 2.17. The summed E-state index contributed by atoms with van der Waals surface area (Å²) in [6.07, 6.45) is 0. The largest absolute Gasteiger partial charge is 0.504 e. The van der Waals surface area contributed by atoms with Gasteiger partial charge in [-0.3, -0.25) is 9.59 Å². The van der Waals surface area contributed by atoms with Crippen molar-refractivity contribution in [3.05, 3.63) is 24.3 Å². The van der Waals surface area contributed by atoms with Gasteiger partial charge in [0.05, 0.1) is 0 Å². The van der Waals surface area contributed by atoms with Gasteiger partial charge in [0.2, 0.25) is 0 Å². The Bertz CT molecular complexity index is 293. The van der Waals surface area contributed by atoms with Gasteiger partial charge >= 0.3 is 0 Å². The van der Waals surface area contributed by atoms with Gasteiger partial charge in [0.25, 0.3) is 11.9 Å². The fourth-order valence-corrected chi connectivity index (χ4v) is 0.464. The molecule has 16 heavy (non-hydrogen) atoms. The molecule has 1 aromatic carbocycles. The molecular weight excluding hydrogens is 216 g/mol. The lowest BCUT2D eigenvalue weighted by Crippen LogP contribution is -1.78. The first-order chi connectivity index (χ1) is 7.27. The van der Waals surface area contributed by atoms with Crippen LogP contribution in [0.1, 0.15) is 13.8 Å². The van der Waals surface area contributed by atoms with Crippen LogP contribution in [0.4, 0.5) is 0 Å². The van der Waals surface area contributed by atoms with Gasteiger partial charge < -0.3 is 20.4 Å². The maximum Gasteiger partial charge on any atom is 0.300 e. The highest BCUT2D eigenvalue weighted by Crippen LogP contribution is 2.21. The molecule has 1 aromatic rings. The molecule has 90 valence electrons. The zero-order valence-electron chi connectivity index (χ0n) is 8.91. The Balaban J connectivity index is 0. The first kappa shape index (κ1) is 16.2. The van der Waals surface area contributed by atoms with Crippen molar-refractivity contribution >= 4 is 11.9 Å². The Kier molecular flexibility index (Phi) is 9.44. The smallest absolute Gasteiger partial charge is 0.300 e. The number of phenolic OH excluding ortho intramolecular Hbond substituents is 2. The maximum absolute atomic E-state index is 9.00. The summed E-state index contributed by atoms with van der Waals surface area (Å²) in [4.78, 5) is 18.0. The molecule has 0 heterocycles. The first-order valence-electron chi connectivity index (χ1n) is 4.13. The average Bonchev–Trinajstić information content (AvgIpc) is 2.08. The Morgan fingerprint density at radius 2 is 1.06 bits per heavy atom. The van der Waals surface area contributed by atoms with Gasteiger partial charge in [-0.05, 0) is 12.1 Å². The summed E-state index contributed by atoms with van der Waals surface area (Å²) in [5.74, 6) is -1.82. The Hall–Kier alpha value is -2.24.